The van der Waals surface area contributed by atoms with E-state index in [0.29, 0.717) is 42.0 Å². The Morgan fingerprint density at radius 2 is 1.63 bits per heavy atom. The highest BCUT2D eigenvalue weighted by Crippen LogP contribution is 2.54. The maximum absolute atomic E-state index is 14.0. The van der Waals surface area contributed by atoms with E-state index in [1.54, 1.807) is 29.2 Å². The Kier molecular flexibility index (Phi) is 7.38. The topological polar surface area (TPSA) is 88.9 Å². The zero-order chi connectivity index (χ0) is 29.1. The molecule has 11 heteroatoms. The molecule has 8 nitrogen and oxygen atoms in total. The van der Waals surface area contributed by atoms with E-state index in [0.717, 1.165) is 27.3 Å². The van der Waals surface area contributed by atoms with E-state index in [1.807, 2.05) is 24.3 Å². The first-order valence-electron chi connectivity index (χ1n) is 13.5. The Labute approximate surface area is 251 Å². The fourth-order valence-electron chi connectivity index (χ4n) is 5.70. The van der Waals surface area contributed by atoms with Gasteiger partial charge in [0.1, 0.15) is 11.8 Å². The summed E-state index contributed by atoms with van der Waals surface area (Å²) in [4.78, 5) is 57.8. The molecule has 0 saturated carbocycles. The maximum Gasteiger partial charge on any atom is 0.308 e. The molecule has 0 bridgehead atoms. The van der Waals surface area contributed by atoms with Gasteiger partial charge >= 0.3 is 4.87 Å². The average molecular weight is 612 g/mol. The Morgan fingerprint density at radius 3 is 2.27 bits per heavy atom. The fraction of sp³-hybridized carbons (Fsp3) is 0.400. The third kappa shape index (κ3) is 5.05. The van der Waals surface area contributed by atoms with Gasteiger partial charge in [-0.05, 0) is 40.8 Å². The van der Waals surface area contributed by atoms with Crippen molar-refractivity contribution >= 4 is 58.1 Å². The van der Waals surface area contributed by atoms with E-state index in [4.69, 9.17) is 16.3 Å². The fourth-order valence-corrected chi connectivity index (χ4v) is 8.60. The standard InChI is InChI=1S/C30H30ClN3O5S2/c1-30(2,3)18-6-4-17(5-7-18)22-23-24(27(37)34(26(23)36)20-10-8-19(31)9-11-20)40-28-25(22)41-29(38)33(28)16-21(35)32-12-14-39-15-13-32/h4-11,22-24H,12-16H2,1-3H3/t22-,23?,24?/m0/s1. The summed E-state index contributed by atoms with van der Waals surface area (Å²) in [6, 6.07) is 14.7. The molecular formula is C30H30ClN3O5S2. The highest BCUT2D eigenvalue weighted by Gasteiger charge is 2.56. The van der Waals surface area contributed by atoms with Gasteiger partial charge < -0.3 is 9.64 Å². The monoisotopic (exact) mass is 611 g/mol. The highest BCUT2D eigenvalue weighted by molar-refractivity contribution is 8.00. The van der Waals surface area contributed by atoms with E-state index >= 15 is 0 Å². The van der Waals surface area contributed by atoms with Crippen molar-refractivity contribution in [2.24, 2.45) is 5.92 Å². The maximum atomic E-state index is 14.0. The first-order valence-corrected chi connectivity index (χ1v) is 15.6. The number of thioether (sulfide) groups is 1. The zero-order valence-corrected chi connectivity index (χ0v) is 25.4. The predicted octanol–water partition coefficient (Wildman–Crippen LogP) is 4.52. The number of aromatic nitrogens is 1. The molecule has 6 rings (SSSR count). The van der Waals surface area contributed by atoms with Crippen LogP contribution in [0.2, 0.25) is 5.02 Å². The van der Waals surface area contributed by atoms with E-state index in [9.17, 15) is 19.2 Å². The molecule has 1 aromatic heterocycles. The summed E-state index contributed by atoms with van der Waals surface area (Å²) in [6.45, 7) is 8.16. The number of halogens is 1. The van der Waals surface area contributed by atoms with Crippen molar-refractivity contribution < 1.29 is 19.1 Å². The summed E-state index contributed by atoms with van der Waals surface area (Å²) in [7, 11) is 0. The molecule has 0 N–H and O–H groups in total. The Morgan fingerprint density at radius 1 is 0.976 bits per heavy atom. The third-order valence-electron chi connectivity index (χ3n) is 7.93. The Hall–Kier alpha value is -2.92. The minimum atomic E-state index is -0.739. The van der Waals surface area contributed by atoms with Gasteiger partial charge in [0.25, 0.3) is 0 Å². The molecule has 3 amide bonds. The molecule has 0 radical (unpaired) electrons. The van der Waals surface area contributed by atoms with E-state index in [1.165, 1.54) is 21.2 Å². The lowest BCUT2D eigenvalue weighted by Crippen LogP contribution is -2.43. The SMILES string of the molecule is CC(C)(C)c1ccc([C@@H]2c3sc(=O)n(CC(=O)N4CCOCC4)c3SC3C(=O)N(c4ccc(Cl)cc4)C(=O)C32)cc1. The number of anilines is 1. The first kappa shape index (κ1) is 28.2. The lowest BCUT2D eigenvalue weighted by atomic mass is 9.81. The second-order valence-corrected chi connectivity index (χ2v) is 14.1. The molecule has 3 aliphatic rings. The Bertz CT molecular complexity index is 1570. The van der Waals surface area contributed by atoms with Gasteiger partial charge in [0.15, 0.2) is 0 Å². The number of thiazole rings is 1. The van der Waals surface area contributed by atoms with E-state index in [2.05, 4.69) is 20.8 Å². The van der Waals surface area contributed by atoms with Crippen molar-refractivity contribution in [1.29, 1.82) is 0 Å². The van der Waals surface area contributed by atoms with Crippen molar-refractivity contribution in [2.75, 3.05) is 31.2 Å². The third-order valence-corrected chi connectivity index (χ3v) is 10.8. The Balaban J connectivity index is 1.44. The molecule has 2 fully saturated rings. The number of fused-ring (bicyclic) bond motifs is 2. The average Bonchev–Trinajstić information content (AvgIpc) is 3.40. The quantitative estimate of drug-likeness (QED) is 0.403. The van der Waals surface area contributed by atoms with Crippen LogP contribution < -0.4 is 9.77 Å². The van der Waals surface area contributed by atoms with E-state index in [-0.39, 0.29) is 34.6 Å². The van der Waals surface area contributed by atoms with Gasteiger partial charge in [0.2, 0.25) is 17.7 Å². The molecule has 2 saturated heterocycles. The minimum Gasteiger partial charge on any atom is -0.378 e. The van der Waals surface area contributed by atoms with Crippen LogP contribution in [0, 0.1) is 5.92 Å². The predicted molar refractivity (Wildman–Crippen MR) is 160 cm³/mol. The summed E-state index contributed by atoms with van der Waals surface area (Å²) >= 11 is 8.36. The van der Waals surface area contributed by atoms with Gasteiger partial charge in [-0.2, -0.15) is 0 Å². The van der Waals surface area contributed by atoms with Gasteiger partial charge in [-0.15, -0.1) is 0 Å². The number of hydrogen-bond acceptors (Lipinski definition) is 7. The first-order chi connectivity index (χ1) is 19.5. The van der Waals surface area contributed by atoms with Gasteiger partial charge in [-0.25, -0.2) is 4.90 Å². The summed E-state index contributed by atoms with van der Waals surface area (Å²) in [5, 5.41) is 0.358. The van der Waals surface area contributed by atoms with Crippen LogP contribution in [-0.4, -0.2) is 58.7 Å². The van der Waals surface area contributed by atoms with E-state index < -0.39 is 17.1 Å². The molecular weight excluding hydrogens is 582 g/mol. The van der Waals surface area contributed by atoms with Crippen molar-refractivity contribution in [2.45, 2.75) is 48.9 Å². The summed E-state index contributed by atoms with van der Waals surface area (Å²) < 4.78 is 6.85. The van der Waals surface area contributed by atoms with Crippen LogP contribution in [0.1, 0.15) is 42.7 Å². The largest absolute Gasteiger partial charge is 0.378 e. The zero-order valence-electron chi connectivity index (χ0n) is 23.0. The second kappa shape index (κ2) is 10.7. The number of rotatable bonds is 4. The van der Waals surface area contributed by atoms with Gasteiger partial charge in [0, 0.05) is 28.9 Å². The molecule has 214 valence electrons. The number of carbonyl (C=O) groups excluding carboxylic acids is 3. The smallest absolute Gasteiger partial charge is 0.308 e. The van der Waals surface area contributed by atoms with Crippen LogP contribution >= 0.6 is 34.7 Å². The molecule has 3 aliphatic heterocycles. The number of hydrogen-bond donors (Lipinski definition) is 0. The molecule has 41 heavy (non-hydrogen) atoms. The number of morpholine rings is 1. The molecule has 0 aliphatic carbocycles. The van der Waals surface area contributed by atoms with Gasteiger partial charge in [-0.3, -0.25) is 23.7 Å². The minimum absolute atomic E-state index is 0.0623. The second-order valence-electron chi connectivity index (χ2n) is 11.5. The summed E-state index contributed by atoms with van der Waals surface area (Å²) in [5.41, 5.74) is 2.40. The number of carbonyl (C=O) groups is 3. The van der Waals surface area contributed by atoms with Crippen LogP contribution in [0.4, 0.5) is 5.69 Å². The van der Waals surface area contributed by atoms with Crippen molar-refractivity contribution in [3.8, 4) is 0 Å². The molecule has 0 spiro atoms. The molecule has 4 heterocycles. The van der Waals surface area contributed by atoms with Gasteiger partial charge in [0.05, 0.1) is 29.8 Å². The number of benzene rings is 2. The number of imide groups is 1. The highest BCUT2D eigenvalue weighted by atomic mass is 35.5. The van der Waals surface area contributed by atoms with Crippen LogP contribution in [0.3, 0.4) is 0 Å². The molecule has 3 atom stereocenters. The summed E-state index contributed by atoms with van der Waals surface area (Å²) in [5.74, 6) is -2.00. The summed E-state index contributed by atoms with van der Waals surface area (Å²) in [6.07, 6.45) is 0. The normalized spacial score (nSPS) is 22.6. The van der Waals surface area contributed by atoms with Gasteiger partial charge in [-0.1, -0.05) is 79.7 Å². The molecule has 2 unspecified atom stereocenters. The van der Waals surface area contributed by atoms with Crippen LogP contribution in [0.15, 0.2) is 58.4 Å². The van der Waals surface area contributed by atoms with Crippen LogP contribution in [0.25, 0.3) is 0 Å². The lowest BCUT2D eigenvalue weighted by Gasteiger charge is -2.31. The van der Waals surface area contributed by atoms with Crippen molar-refractivity contribution in [1.82, 2.24) is 9.47 Å². The number of ether oxygens (including phenoxy) is 1. The molecule has 2 aromatic carbocycles. The van der Waals surface area contributed by atoms with Crippen LogP contribution in [0.5, 0.6) is 0 Å². The van der Waals surface area contributed by atoms with Crippen molar-refractivity contribution in [3.63, 3.8) is 0 Å². The van der Waals surface area contributed by atoms with Crippen molar-refractivity contribution in [3.05, 3.63) is 79.2 Å². The number of amides is 3. The molecule has 3 aromatic rings. The number of nitrogens with zero attached hydrogens (tertiary/aromatic N) is 3. The van der Waals surface area contributed by atoms with Crippen LogP contribution in [-0.2, 0) is 31.1 Å². The lowest BCUT2D eigenvalue weighted by molar-refractivity contribution is -0.136.